The van der Waals surface area contributed by atoms with E-state index in [2.05, 4.69) is 12.2 Å². The first-order valence-electron chi connectivity index (χ1n) is 4.67. The molecule has 0 amide bonds. The fourth-order valence-corrected chi connectivity index (χ4v) is 2.40. The minimum absolute atomic E-state index is 0.583. The third-order valence-electron chi connectivity index (χ3n) is 3.06. The van der Waals surface area contributed by atoms with Gasteiger partial charge >= 0.3 is 0 Å². The molecular formula is C9H17NO. The van der Waals surface area contributed by atoms with Crippen LogP contribution in [0.4, 0.5) is 0 Å². The van der Waals surface area contributed by atoms with Gasteiger partial charge in [-0.15, -0.1) is 0 Å². The first kappa shape index (κ1) is 7.56. The van der Waals surface area contributed by atoms with E-state index in [9.17, 15) is 0 Å². The highest BCUT2D eigenvalue weighted by molar-refractivity contribution is 4.99. The summed E-state index contributed by atoms with van der Waals surface area (Å²) in [4.78, 5) is 0. The van der Waals surface area contributed by atoms with Crippen LogP contribution in [-0.2, 0) is 4.74 Å². The van der Waals surface area contributed by atoms with Crippen LogP contribution in [0.2, 0.25) is 0 Å². The predicted octanol–water partition coefficient (Wildman–Crippen LogP) is 1.17. The van der Waals surface area contributed by atoms with Gasteiger partial charge in [0.1, 0.15) is 0 Å². The Balaban J connectivity index is 1.77. The minimum atomic E-state index is 0.583. The van der Waals surface area contributed by atoms with Gasteiger partial charge in [-0.25, -0.2) is 0 Å². The maximum absolute atomic E-state index is 5.54. The van der Waals surface area contributed by atoms with Gasteiger partial charge in [-0.1, -0.05) is 0 Å². The van der Waals surface area contributed by atoms with Crippen LogP contribution in [0.1, 0.15) is 26.2 Å². The van der Waals surface area contributed by atoms with Gasteiger partial charge in [0, 0.05) is 13.2 Å². The van der Waals surface area contributed by atoms with Crippen LogP contribution in [0.3, 0.4) is 0 Å². The second kappa shape index (κ2) is 2.76. The monoisotopic (exact) mass is 155 g/mol. The Kier molecular flexibility index (Phi) is 1.90. The zero-order valence-electron chi connectivity index (χ0n) is 7.23. The van der Waals surface area contributed by atoms with Gasteiger partial charge in [0.2, 0.25) is 0 Å². The van der Waals surface area contributed by atoms with E-state index in [0.717, 1.165) is 6.61 Å². The molecule has 2 rings (SSSR count). The van der Waals surface area contributed by atoms with Gasteiger partial charge in [0.15, 0.2) is 0 Å². The highest BCUT2D eigenvalue weighted by atomic mass is 16.5. The van der Waals surface area contributed by atoms with Crippen molar-refractivity contribution in [3.63, 3.8) is 0 Å². The predicted molar refractivity (Wildman–Crippen MR) is 44.6 cm³/mol. The minimum Gasteiger partial charge on any atom is -0.378 e. The molecule has 2 aliphatic rings. The molecule has 0 aromatic heterocycles. The zero-order chi connectivity index (χ0) is 7.73. The molecule has 0 bridgehead atoms. The van der Waals surface area contributed by atoms with Crippen molar-refractivity contribution in [1.82, 2.24) is 5.32 Å². The van der Waals surface area contributed by atoms with Crippen LogP contribution in [0.25, 0.3) is 0 Å². The molecular weight excluding hydrogens is 138 g/mol. The van der Waals surface area contributed by atoms with Gasteiger partial charge in [-0.2, -0.15) is 0 Å². The van der Waals surface area contributed by atoms with Crippen LogP contribution in [0.15, 0.2) is 0 Å². The van der Waals surface area contributed by atoms with Gasteiger partial charge in [-0.05, 0) is 38.1 Å². The topological polar surface area (TPSA) is 21.3 Å². The van der Waals surface area contributed by atoms with Crippen molar-refractivity contribution >= 4 is 0 Å². The molecule has 1 aliphatic carbocycles. The molecule has 1 heterocycles. The number of rotatable bonds is 2. The summed E-state index contributed by atoms with van der Waals surface area (Å²) in [5.41, 5.74) is 0.653. The first-order valence-corrected chi connectivity index (χ1v) is 4.67. The van der Waals surface area contributed by atoms with E-state index in [4.69, 9.17) is 4.74 Å². The van der Waals surface area contributed by atoms with E-state index in [0.29, 0.717) is 11.5 Å². The molecule has 1 saturated carbocycles. The van der Waals surface area contributed by atoms with Crippen LogP contribution >= 0.6 is 0 Å². The van der Waals surface area contributed by atoms with E-state index >= 15 is 0 Å². The molecule has 0 aromatic carbocycles. The second-order valence-corrected chi connectivity index (χ2v) is 3.91. The van der Waals surface area contributed by atoms with Crippen LogP contribution in [0, 0.1) is 5.41 Å². The van der Waals surface area contributed by atoms with Crippen LogP contribution < -0.4 is 5.32 Å². The average molecular weight is 155 g/mol. The van der Waals surface area contributed by atoms with E-state index in [1.807, 2.05) is 0 Å². The Hall–Kier alpha value is -0.0800. The van der Waals surface area contributed by atoms with Crippen molar-refractivity contribution in [2.45, 2.75) is 32.3 Å². The maximum atomic E-state index is 5.54. The van der Waals surface area contributed by atoms with E-state index in [-0.39, 0.29) is 0 Å². The number of hydrogen-bond acceptors (Lipinski definition) is 2. The Morgan fingerprint density at radius 1 is 1.55 bits per heavy atom. The molecule has 64 valence electrons. The lowest BCUT2D eigenvalue weighted by molar-refractivity contribution is -0.0677. The largest absolute Gasteiger partial charge is 0.378 e. The summed E-state index contributed by atoms with van der Waals surface area (Å²) >= 11 is 0. The highest BCUT2D eigenvalue weighted by Gasteiger charge is 2.46. The fourth-order valence-electron chi connectivity index (χ4n) is 2.40. The van der Waals surface area contributed by atoms with Crippen LogP contribution in [-0.4, -0.2) is 25.8 Å². The molecule has 2 heteroatoms. The van der Waals surface area contributed by atoms with Crippen molar-refractivity contribution < 1.29 is 4.74 Å². The molecule has 2 nitrogen and oxygen atoms in total. The normalized spacial score (nSPS) is 42.8. The maximum Gasteiger partial charge on any atom is 0.0586 e. The standard InChI is InChI=1S/C9H17NO/c1-2-11-8-5-9(6-8)3-4-10-7-9/h8,10H,2-7H2,1H3. The molecule has 11 heavy (non-hydrogen) atoms. The lowest BCUT2D eigenvalue weighted by Gasteiger charge is -2.44. The van der Waals surface area contributed by atoms with E-state index in [1.54, 1.807) is 0 Å². The summed E-state index contributed by atoms with van der Waals surface area (Å²) in [7, 11) is 0. The van der Waals surface area contributed by atoms with Crippen molar-refractivity contribution in [3.05, 3.63) is 0 Å². The lowest BCUT2D eigenvalue weighted by Crippen LogP contribution is -2.43. The van der Waals surface area contributed by atoms with Crippen molar-refractivity contribution in [2.75, 3.05) is 19.7 Å². The zero-order valence-corrected chi connectivity index (χ0v) is 7.23. The van der Waals surface area contributed by atoms with Gasteiger partial charge < -0.3 is 10.1 Å². The fraction of sp³-hybridized carbons (Fsp3) is 1.00. The SMILES string of the molecule is CCOC1CC2(CCNC2)C1. The lowest BCUT2D eigenvalue weighted by atomic mass is 9.66. The number of nitrogens with one attached hydrogen (secondary N) is 1. The molecule has 2 fully saturated rings. The Morgan fingerprint density at radius 2 is 2.36 bits per heavy atom. The van der Waals surface area contributed by atoms with Crippen LogP contribution in [0.5, 0.6) is 0 Å². The summed E-state index contributed by atoms with van der Waals surface area (Å²) in [6, 6.07) is 0. The van der Waals surface area contributed by atoms with Crippen molar-refractivity contribution in [3.8, 4) is 0 Å². The van der Waals surface area contributed by atoms with Gasteiger partial charge in [-0.3, -0.25) is 0 Å². The Bertz CT molecular complexity index is 132. The molecule has 0 atom stereocenters. The van der Waals surface area contributed by atoms with Crippen molar-refractivity contribution in [2.24, 2.45) is 5.41 Å². The molecule has 1 spiro atoms. The van der Waals surface area contributed by atoms with Crippen molar-refractivity contribution in [1.29, 1.82) is 0 Å². The third-order valence-corrected chi connectivity index (χ3v) is 3.06. The van der Waals surface area contributed by atoms with E-state index in [1.165, 1.54) is 32.4 Å². The Labute approximate surface area is 68.3 Å². The van der Waals surface area contributed by atoms with E-state index < -0.39 is 0 Å². The smallest absolute Gasteiger partial charge is 0.0586 e. The molecule has 0 aromatic rings. The molecule has 0 unspecified atom stereocenters. The second-order valence-electron chi connectivity index (χ2n) is 3.91. The first-order chi connectivity index (χ1) is 5.35. The summed E-state index contributed by atoms with van der Waals surface area (Å²) in [5, 5.41) is 3.42. The number of hydrogen-bond donors (Lipinski definition) is 1. The summed E-state index contributed by atoms with van der Waals surface area (Å²) in [6.45, 7) is 5.42. The third kappa shape index (κ3) is 1.30. The molecule has 1 saturated heterocycles. The van der Waals surface area contributed by atoms with Gasteiger partial charge in [0.05, 0.1) is 6.10 Å². The van der Waals surface area contributed by atoms with Gasteiger partial charge in [0.25, 0.3) is 0 Å². The summed E-state index contributed by atoms with van der Waals surface area (Å²) < 4.78 is 5.54. The quantitative estimate of drug-likeness (QED) is 0.646. The summed E-state index contributed by atoms with van der Waals surface area (Å²) in [5.74, 6) is 0. The Morgan fingerprint density at radius 3 is 2.91 bits per heavy atom. The summed E-state index contributed by atoms with van der Waals surface area (Å²) in [6.07, 6.45) is 4.55. The number of ether oxygens (including phenoxy) is 1. The highest BCUT2D eigenvalue weighted by Crippen LogP contribution is 2.46. The molecule has 0 radical (unpaired) electrons. The molecule has 1 aliphatic heterocycles. The average Bonchev–Trinajstić information content (AvgIpc) is 2.35. The molecule has 1 N–H and O–H groups in total.